The van der Waals surface area contributed by atoms with Gasteiger partial charge in [-0.2, -0.15) is 0 Å². The van der Waals surface area contributed by atoms with Crippen molar-refractivity contribution >= 4 is 15.8 Å². The number of ether oxygens (including phenoxy) is 2. The van der Waals surface area contributed by atoms with Crippen molar-refractivity contribution in [3.8, 4) is 0 Å². The Morgan fingerprint density at radius 1 is 1.24 bits per heavy atom. The SMILES string of the molecule is CCOC(CNS(=O)(=O)c1cccc(C(C)=O)c1)OCC. The molecular formula is C14H21NO5S. The standard InChI is InChI=1S/C14H21NO5S/c1-4-19-14(20-5-2)10-15-21(17,18)13-8-6-7-12(9-13)11(3)16/h6-9,14-15H,4-5,10H2,1-3H3. The summed E-state index contributed by atoms with van der Waals surface area (Å²) in [4.78, 5) is 11.3. The molecule has 1 rings (SSSR count). The molecule has 6 nitrogen and oxygen atoms in total. The van der Waals surface area contributed by atoms with Gasteiger partial charge in [-0.1, -0.05) is 12.1 Å². The summed E-state index contributed by atoms with van der Waals surface area (Å²) in [6, 6.07) is 5.89. The number of benzene rings is 1. The Morgan fingerprint density at radius 2 is 1.86 bits per heavy atom. The summed E-state index contributed by atoms with van der Waals surface area (Å²) >= 11 is 0. The summed E-state index contributed by atoms with van der Waals surface area (Å²) < 4.78 is 37.3. The van der Waals surface area contributed by atoms with Crippen LogP contribution in [0.2, 0.25) is 0 Å². The highest BCUT2D eigenvalue weighted by molar-refractivity contribution is 7.89. The van der Waals surface area contributed by atoms with Crippen LogP contribution >= 0.6 is 0 Å². The molecule has 0 aliphatic carbocycles. The minimum absolute atomic E-state index is 0.00825. The van der Waals surface area contributed by atoms with Crippen LogP contribution in [0.4, 0.5) is 0 Å². The second kappa shape index (κ2) is 8.23. The fourth-order valence-electron chi connectivity index (χ4n) is 1.68. The van der Waals surface area contributed by atoms with Crippen LogP contribution in [0.5, 0.6) is 0 Å². The van der Waals surface area contributed by atoms with Crippen LogP contribution in [-0.2, 0) is 19.5 Å². The average Bonchev–Trinajstić information content (AvgIpc) is 2.45. The Morgan fingerprint density at radius 3 is 2.38 bits per heavy atom. The molecule has 1 aromatic rings. The van der Waals surface area contributed by atoms with Crippen LogP contribution in [-0.4, -0.2) is 40.2 Å². The van der Waals surface area contributed by atoms with Crippen molar-refractivity contribution < 1.29 is 22.7 Å². The minimum Gasteiger partial charge on any atom is -0.352 e. The molecular weight excluding hydrogens is 294 g/mol. The lowest BCUT2D eigenvalue weighted by Gasteiger charge is -2.17. The minimum atomic E-state index is -3.71. The fraction of sp³-hybridized carbons (Fsp3) is 0.500. The lowest BCUT2D eigenvalue weighted by atomic mass is 10.2. The van der Waals surface area contributed by atoms with Gasteiger partial charge >= 0.3 is 0 Å². The van der Waals surface area contributed by atoms with Crippen molar-refractivity contribution in [2.75, 3.05) is 19.8 Å². The molecule has 0 spiro atoms. The van der Waals surface area contributed by atoms with E-state index in [2.05, 4.69) is 4.72 Å². The Labute approximate surface area is 125 Å². The number of sulfonamides is 1. The number of hydrogen-bond acceptors (Lipinski definition) is 5. The molecule has 0 bridgehead atoms. The van der Waals surface area contributed by atoms with Crippen LogP contribution in [0.15, 0.2) is 29.2 Å². The molecule has 1 N–H and O–H groups in total. The van der Waals surface area contributed by atoms with E-state index in [0.29, 0.717) is 18.8 Å². The summed E-state index contributed by atoms with van der Waals surface area (Å²) in [7, 11) is -3.71. The molecule has 0 aliphatic heterocycles. The molecule has 0 unspecified atom stereocenters. The number of hydrogen-bond donors (Lipinski definition) is 1. The third kappa shape index (κ3) is 5.55. The normalized spacial score (nSPS) is 11.8. The second-order valence-corrected chi connectivity index (χ2v) is 6.04. The van der Waals surface area contributed by atoms with E-state index >= 15 is 0 Å². The molecule has 0 radical (unpaired) electrons. The predicted molar refractivity (Wildman–Crippen MR) is 78.7 cm³/mol. The zero-order valence-corrected chi connectivity index (χ0v) is 13.3. The number of Topliss-reactive ketones (excluding diaryl/α,β-unsaturated/α-hetero) is 1. The molecule has 0 heterocycles. The van der Waals surface area contributed by atoms with Gasteiger partial charge in [0.25, 0.3) is 0 Å². The van der Waals surface area contributed by atoms with Gasteiger partial charge in [-0.15, -0.1) is 0 Å². The Kier molecular flexibility index (Phi) is 6.97. The third-order valence-corrected chi connectivity index (χ3v) is 4.12. The van der Waals surface area contributed by atoms with Crippen LogP contribution in [0, 0.1) is 0 Å². The molecule has 0 atom stereocenters. The first-order chi connectivity index (χ1) is 9.90. The lowest BCUT2D eigenvalue weighted by Crippen LogP contribution is -2.35. The van der Waals surface area contributed by atoms with E-state index in [0.717, 1.165) is 0 Å². The van der Waals surface area contributed by atoms with E-state index in [4.69, 9.17) is 9.47 Å². The smallest absolute Gasteiger partial charge is 0.240 e. The quantitative estimate of drug-likeness (QED) is 0.552. The largest absolute Gasteiger partial charge is 0.352 e. The van der Waals surface area contributed by atoms with E-state index in [1.165, 1.54) is 25.1 Å². The summed E-state index contributed by atoms with van der Waals surface area (Å²) in [6.45, 7) is 5.85. The second-order valence-electron chi connectivity index (χ2n) is 4.28. The maximum Gasteiger partial charge on any atom is 0.240 e. The monoisotopic (exact) mass is 315 g/mol. The maximum absolute atomic E-state index is 12.2. The van der Waals surface area contributed by atoms with Crippen molar-refractivity contribution in [3.05, 3.63) is 29.8 Å². The van der Waals surface area contributed by atoms with Crippen LogP contribution < -0.4 is 4.72 Å². The number of carbonyl (C=O) groups is 1. The Balaban J connectivity index is 2.81. The topological polar surface area (TPSA) is 81.7 Å². The molecule has 0 aliphatic rings. The van der Waals surface area contributed by atoms with E-state index in [9.17, 15) is 13.2 Å². The summed E-state index contributed by atoms with van der Waals surface area (Å²) in [5, 5.41) is 0. The zero-order chi connectivity index (χ0) is 15.9. The van der Waals surface area contributed by atoms with E-state index in [1.54, 1.807) is 19.9 Å². The van der Waals surface area contributed by atoms with Crippen molar-refractivity contribution in [2.24, 2.45) is 0 Å². The molecule has 0 fully saturated rings. The predicted octanol–water partition coefficient (Wildman–Crippen LogP) is 1.57. The molecule has 0 saturated carbocycles. The molecule has 0 amide bonds. The Hall–Kier alpha value is -1.28. The molecule has 118 valence electrons. The Bertz CT molecular complexity index is 564. The molecule has 1 aromatic carbocycles. The maximum atomic E-state index is 12.2. The summed E-state index contributed by atoms with van der Waals surface area (Å²) in [5.41, 5.74) is 0.351. The zero-order valence-electron chi connectivity index (χ0n) is 12.5. The molecule has 0 aromatic heterocycles. The molecule has 7 heteroatoms. The summed E-state index contributed by atoms with van der Waals surface area (Å²) in [6.07, 6.45) is -0.634. The van der Waals surface area contributed by atoms with Crippen molar-refractivity contribution in [1.29, 1.82) is 0 Å². The lowest BCUT2D eigenvalue weighted by molar-refractivity contribution is -0.130. The van der Waals surface area contributed by atoms with Gasteiger partial charge in [0, 0.05) is 18.8 Å². The van der Waals surface area contributed by atoms with Gasteiger partial charge in [0.05, 0.1) is 11.4 Å². The van der Waals surface area contributed by atoms with Gasteiger partial charge in [-0.25, -0.2) is 13.1 Å². The molecule has 21 heavy (non-hydrogen) atoms. The number of carbonyl (C=O) groups excluding carboxylic acids is 1. The average molecular weight is 315 g/mol. The van der Waals surface area contributed by atoms with E-state index in [-0.39, 0.29) is 17.2 Å². The molecule has 0 saturated heterocycles. The van der Waals surface area contributed by atoms with Gasteiger partial charge in [0.1, 0.15) is 0 Å². The van der Waals surface area contributed by atoms with Gasteiger partial charge in [0.2, 0.25) is 10.0 Å². The van der Waals surface area contributed by atoms with Crippen molar-refractivity contribution in [3.63, 3.8) is 0 Å². The fourth-order valence-corrected chi connectivity index (χ4v) is 2.74. The van der Waals surface area contributed by atoms with Gasteiger partial charge in [0.15, 0.2) is 12.1 Å². The number of ketones is 1. The van der Waals surface area contributed by atoms with E-state index < -0.39 is 16.3 Å². The summed E-state index contributed by atoms with van der Waals surface area (Å²) in [5.74, 6) is -0.187. The highest BCUT2D eigenvalue weighted by Crippen LogP contribution is 2.12. The van der Waals surface area contributed by atoms with Gasteiger partial charge in [-0.05, 0) is 32.9 Å². The first-order valence-electron chi connectivity index (χ1n) is 6.74. The van der Waals surface area contributed by atoms with Crippen molar-refractivity contribution in [1.82, 2.24) is 4.72 Å². The van der Waals surface area contributed by atoms with E-state index in [1.807, 2.05) is 0 Å². The van der Waals surface area contributed by atoms with Crippen molar-refractivity contribution in [2.45, 2.75) is 32.0 Å². The first-order valence-corrected chi connectivity index (χ1v) is 8.23. The van der Waals surface area contributed by atoms with Crippen LogP contribution in [0.3, 0.4) is 0 Å². The third-order valence-electron chi connectivity index (χ3n) is 2.70. The number of nitrogens with one attached hydrogen (secondary N) is 1. The van der Waals surface area contributed by atoms with Crippen LogP contribution in [0.25, 0.3) is 0 Å². The first kappa shape index (κ1) is 17.8. The highest BCUT2D eigenvalue weighted by atomic mass is 32.2. The highest BCUT2D eigenvalue weighted by Gasteiger charge is 2.18. The van der Waals surface area contributed by atoms with Gasteiger partial charge in [-0.3, -0.25) is 4.79 Å². The van der Waals surface area contributed by atoms with Crippen LogP contribution in [0.1, 0.15) is 31.1 Å². The van der Waals surface area contributed by atoms with Gasteiger partial charge < -0.3 is 9.47 Å². The number of rotatable bonds is 9.